The first-order chi connectivity index (χ1) is 18.8. The zero-order valence-electron chi connectivity index (χ0n) is 21.8. The summed E-state index contributed by atoms with van der Waals surface area (Å²) < 4.78 is 232. The molecule has 1 aromatic rings. The van der Waals surface area contributed by atoms with Crippen molar-refractivity contribution < 1.29 is 88.7 Å². The predicted molar refractivity (Wildman–Crippen MR) is 112 cm³/mol. The van der Waals surface area contributed by atoms with Crippen LogP contribution in [0.4, 0.5) is 74.6 Å². The van der Waals surface area contributed by atoms with E-state index in [9.17, 15) is 79.4 Å². The molecule has 0 unspecified atom stereocenters. The highest BCUT2D eigenvalue weighted by Gasteiger charge is 2.93. The number of ether oxygens (including phenoxy) is 1. The Bertz CT molecular complexity index is 1110. The summed E-state index contributed by atoms with van der Waals surface area (Å²) in [5.74, 6) is -51.3. The van der Waals surface area contributed by atoms with Crippen molar-refractivity contribution in [2.45, 2.75) is 60.7 Å². The van der Waals surface area contributed by atoms with E-state index >= 15 is 0 Å². The van der Waals surface area contributed by atoms with E-state index in [4.69, 9.17) is 0 Å². The molecule has 0 saturated carbocycles. The zero-order valence-corrected chi connectivity index (χ0v) is 21.8. The molecule has 4 nitrogen and oxygen atoms in total. The van der Waals surface area contributed by atoms with Gasteiger partial charge in [-0.2, -0.15) is 74.6 Å². The minimum atomic E-state index is -8.55. The molecule has 1 N–H and O–H groups in total. The highest BCUT2D eigenvalue weighted by atomic mass is 19.4. The van der Waals surface area contributed by atoms with E-state index in [1.807, 2.05) is 21.1 Å². The highest BCUT2D eigenvalue weighted by Crippen LogP contribution is 2.63. The van der Waals surface area contributed by atoms with Crippen LogP contribution in [0.3, 0.4) is 0 Å². The van der Waals surface area contributed by atoms with E-state index in [0.717, 1.165) is 0 Å². The summed E-state index contributed by atoms with van der Waals surface area (Å²) in [5.41, 5.74) is -0.369. The van der Waals surface area contributed by atoms with Crippen molar-refractivity contribution in [1.29, 1.82) is 0 Å². The highest BCUT2D eigenvalue weighted by molar-refractivity contribution is 5.94. The lowest BCUT2D eigenvalue weighted by Gasteiger charge is -2.42. The fraction of sp³-hybridized carbons (Fsp3) is 0.682. The Hall–Kier alpha value is -2.74. The number of carbonyl (C=O) groups is 1. The number of alkyl halides is 17. The number of benzene rings is 1. The largest absolute Gasteiger partial charge is 0.471 e. The molecule has 21 heteroatoms. The normalized spacial score (nSPS) is 15.0. The zero-order chi connectivity index (χ0) is 34.3. The average molecular weight is 669 g/mol. The number of nitrogens with zero attached hydrogens (tertiary/aromatic N) is 1. The summed E-state index contributed by atoms with van der Waals surface area (Å²) in [4.78, 5) is 12.0. The Morgan fingerprint density at radius 3 is 1.51 bits per heavy atom. The number of nitrogens with one attached hydrogen (secondary N) is 1. The minimum Gasteiger partial charge on any atom is -0.428 e. The molecule has 0 bridgehead atoms. The lowest BCUT2D eigenvalue weighted by molar-refractivity contribution is -0.870. The maximum Gasteiger partial charge on any atom is 0.471 e. The number of hydrogen-bond donors (Lipinski definition) is 1. The molecule has 0 aromatic heterocycles. The number of rotatable bonds is 14. The quantitative estimate of drug-likeness (QED) is 0.129. The van der Waals surface area contributed by atoms with Crippen LogP contribution in [-0.2, 0) is 0 Å². The van der Waals surface area contributed by atoms with E-state index in [0.29, 0.717) is 29.6 Å². The Balaban J connectivity index is 3.26. The summed E-state index contributed by atoms with van der Waals surface area (Å²) >= 11 is 0. The van der Waals surface area contributed by atoms with Crippen molar-refractivity contribution in [3.8, 4) is 5.75 Å². The van der Waals surface area contributed by atoms with Gasteiger partial charge in [-0.3, -0.25) is 4.79 Å². The number of hydrogen-bond acceptors (Lipinski definition) is 2. The third kappa shape index (κ3) is 7.68. The van der Waals surface area contributed by atoms with Gasteiger partial charge in [-0.25, -0.2) is 0 Å². The van der Waals surface area contributed by atoms with Crippen LogP contribution in [0.5, 0.6) is 5.75 Å². The molecule has 43 heavy (non-hydrogen) atoms. The van der Waals surface area contributed by atoms with E-state index in [1.165, 1.54) is 0 Å². The first kappa shape index (κ1) is 38.3. The van der Waals surface area contributed by atoms with Gasteiger partial charge in [0.15, 0.2) is 0 Å². The minimum absolute atomic E-state index is 0.0893. The van der Waals surface area contributed by atoms with Crippen LogP contribution in [-0.4, -0.2) is 92.4 Å². The lowest BCUT2D eigenvalue weighted by atomic mass is 9.90. The fourth-order valence-electron chi connectivity index (χ4n) is 3.11. The topological polar surface area (TPSA) is 38.3 Å². The van der Waals surface area contributed by atoms with Gasteiger partial charge < -0.3 is 14.5 Å². The van der Waals surface area contributed by atoms with Crippen LogP contribution in [0.1, 0.15) is 23.2 Å². The van der Waals surface area contributed by atoms with Crippen molar-refractivity contribution in [3.05, 3.63) is 29.8 Å². The van der Waals surface area contributed by atoms with Crippen LogP contribution >= 0.6 is 0 Å². The molecule has 1 amide bonds. The summed E-state index contributed by atoms with van der Waals surface area (Å²) in [6.07, 6.45) is -17.4. The lowest BCUT2D eigenvalue weighted by Crippen LogP contribution is -2.73. The summed E-state index contributed by atoms with van der Waals surface area (Å²) in [6.45, 7) is 0.672. The predicted octanol–water partition coefficient (Wildman–Crippen LogP) is 7.25. The molecule has 0 atom stereocenters. The molecule has 0 fully saturated rings. The summed E-state index contributed by atoms with van der Waals surface area (Å²) in [5, 5.41) is 2.36. The molecule has 0 saturated heterocycles. The van der Waals surface area contributed by atoms with Crippen molar-refractivity contribution in [2.75, 3.05) is 34.2 Å². The first-order valence-corrected chi connectivity index (χ1v) is 11.4. The van der Waals surface area contributed by atoms with Gasteiger partial charge in [-0.1, -0.05) is 0 Å². The van der Waals surface area contributed by atoms with Crippen LogP contribution in [0.15, 0.2) is 24.3 Å². The molecular weight excluding hydrogens is 647 g/mol. The maximum atomic E-state index is 14.0. The molecule has 0 radical (unpaired) electrons. The van der Waals surface area contributed by atoms with Crippen LogP contribution in [0.25, 0.3) is 0 Å². The monoisotopic (exact) mass is 669 g/mol. The SMILES string of the molecule is C[N+](C)(C)CCCNC(=O)c1ccc(OC(F)(F)C(F)(F)C(F)(F)C(F)(F)C(F)(F)C(F)(F)C(F)(F)CC(F)(F)F)cc1. The Morgan fingerprint density at radius 1 is 0.674 bits per heavy atom. The van der Waals surface area contributed by atoms with Gasteiger partial charge in [0, 0.05) is 18.5 Å². The van der Waals surface area contributed by atoms with Gasteiger partial charge in [0.2, 0.25) is 0 Å². The molecule has 1 rings (SSSR count). The summed E-state index contributed by atoms with van der Waals surface area (Å²) in [6, 6.07) is 1.59. The third-order valence-electron chi connectivity index (χ3n) is 5.48. The van der Waals surface area contributed by atoms with Gasteiger partial charge in [0.05, 0.1) is 27.7 Å². The molecule has 0 aliphatic rings. The van der Waals surface area contributed by atoms with Crippen molar-refractivity contribution in [3.63, 3.8) is 0 Å². The second-order valence-electron chi connectivity index (χ2n) is 10.1. The Labute approximate surface area is 231 Å². The maximum absolute atomic E-state index is 14.0. The summed E-state index contributed by atoms with van der Waals surface area (Å²) in [7, 11) is 5.48. The van der Waals surface area contributed by atoms with Crippen molar-refractivity contribution >= 4 is 5.91 Å². The Kier molecular flexibility index (Phi) is 10.4. The number of amides is 1. The van der Waals surface area contributed by atoms with Crippen LogP contribution in [0, 0.1) is 0 Å². The second kappa shape index (κ2) is 11.6. The van der Waals surface area contributed by atoms with Gasteiger partial charge in [0.1, 0.15) is 12.2 Å². The number of halogens is 17. The Morgan fingerprint density at radius 2 is 1.09 bits per heavy atom. The standard InChI is InChI=1S/C22H21F17N2O2/c1-41(2,3)10-4-9-40-14(42)12-5-7-13(8-6-12)43-22(38,39)21(36,37)20(34,35)19(32,33)18(30,31)17(28,29)15(23,24)11-16(25,26)27/h5-8H,4,9-11H2,1-3H3/p+1. The molecule has 1 aromatic carbocycles. The van der Waals surface area contributed by atoms with Gasteiger partial charge in [-0.05, 0) is 24.3 Å². The number of quaternary nitrogens is 1. The van der Waals surface area contributed by atoms with E-state index in [1.54, 1.807) is 0 Å². The van der Waals surface area contributed by atoms with Crippen molar-refractivity contribution in [1.82, 2.24) is 5.32 Å². The fourth-order valence-corrected chi connectivity index (χ4v) is 3.11. The number of carbonyl (C=O) groups excluding carboxylic acids is 1. The van der Waals surface area contributed by atoms with Crippen molar-refractivity contribution in [2.24, 2.45) is 0 Å². The van der Waals surface area contributed by atoms with Gasteiger partial charge >= 0.3 is 47.8 Å². The molecule has 0 spiro atoms. The average Bonchev–Trinajstić information content (AvgIpc) is 2.79. The van der Waals surface area contributed by atoms with Crippen LogP contribution < -0.4 is 10.1 Å². The molecule has 0 aliphatic heterocycles. The molecule has 0 heterocycles. The van der Waals surface area contributed by atoms with Gasteiger partial charge in [-0.15, -0.1) is 0 Å². The van der Waals surface area contributed by atoms with E-state index < -0.39 is 65.9 Å². The molecule has 0 aliphatic carbocycles. The van der Waals surface area contributed by atoms with Crippen LogP contribution in [0.2, 0.25) is 0 Å². The van der Waals surface area contributed by atoms with Gasteiger partial charge in [0.25, 0.3) is 5.91 Å². The third-order valence-corrected chi connectivity index (χ3v) is 5.48. The molecular formula is C22H22F17N2O2+. The van der Waals surface area contributed by atoms with E-state index in [-0.39, 0.29) is 24.2 Å². The molecule has 250 valence electrons. The smallest absolute Gasteiger partial charge is 0.428 e. The second-order valence-corrected chi connectivity index (χ2v) is 10.1. The first-order valence-electron chi connectivity index (χ1n) is 11.4. The van der Waals surface area contributed by atoms with E-state index in [2.05, 4.69) is 10.1 Å².